The van der Waals surface area contributed by atoms with Crippen molar-refractivity contribution in [2.45, 2.75) is 32.6 Å². The van der Waals surface area contributed by atoms with Crippen LogP contribution in [0, 0.1) is 6.92 Å². The fraction of sp³-hybridized carbons (Fsp3) is 0.265. The van der Waals surface area contributed by atoms with Crippen molar-refractivity contribution < 1.29 is 19.5 Å². The Morgan fingerprint density at radius 1 is 0.860 bits per heavy atom. The molecule has 0 radical (unpaired) electrons. The summed E-state index contributed by atoms with van der Waals surface area (Å²) in [5, 5.41) is 17.2. The standard InChI is InChI=1S/C27H29N5O3.C7H8O/c1-29-18-26(34)31-19-25(33)30(17-22-12-7-11-21-10-5-6-13-23(21)22)15-14-24(31)32(29)27(35)28-16-20-8-3-2-4-9-20;1-6-2-4-7(8)5-3-6/h2-13,24H,14-19H2,1H3,(H,28,35);2-5,8H,1H3. The second kappa shape index (κ2) is 13.4. The van der Waals surface area contributed by atoms with Gasteiger partial charge < -0.3 is 20.2 Å². The Kier molecular flexibility index (Phi) is 9.22. The van der Waals surface area contributed by atoms with Crippen LogP contribution in [0.1, 0.15) is 23.1 Å². The third-order valence-electron chi connectivity index (χ3n) is 7.78. The Hall–Kier alpha value is -4.89. The molecular formula is C34H37N5O4. The number of phenolic OH excluding ortho intramolecular Hbond substituents is 1. The van der Waals surface area contributed by atoms with Gasteiger partial charge in [-0.2, -0.15) is 0 Å². The van der Waals surface area contributed by atoms with Gasteiger partial charge in [0, 0.05) is 33.1 Å². The minimum Gasteiger partial charge on any atom is -0.508 e. The first-order chi connectivity index (χ1) is 20.8. The van der Waals surface area contributed by atoms with Gasteiger partial charge in [-0.25, -0.2) is 14.8 Å². The van der Waals surface area contributed by atoms with Gasteiger partial charge in [0.2, 0.25) is 11.8 Å². The van der Waals surface area contributed by atoms with Crippen molar-refractivity contribution in [1.82, 2.24) is 25.1 Å². The average molecular weight is 580 g/mol. The molecule has 4 aromatic rings. The number of hydrazine groups is 1. The number of aryl methyl sites for hydroxylation is 1. The van der Waals surface area contributed by atoms with Crippen molar-refractivity contribution in [2.75, 3.05) is 26.7 Å². The predicted octanol–water partition coefficient (Wildman–Crippen LogP) is 4.50. The smallest absolute Gasteiger partial charge is 0.334 e. The van der Waals surface area contributed by atoms with E-state index in [0.29, 0.717) is 31.8 Å². The maximum atomic E-state index is 13.2. The van der Waals surface area contributed by atoms with Gasteiger partial charge in [-0.3, -0.25) is 9.59 Å². The van der Waals surface area contributed by atoms with E-state index in [1.54, 1.807) is 39.0 Å². The summed E-state index contributed by atoms with van der Waals surface area (Å²) in [7, 11) is 1.73. The van der Waals surface area contributed by atoms with E-state index in [1.807, 2.05) is 73.7 Å². The fourth-order valence-corrected chi connectivity index (χ4v) is 5.49. The Labute approximate surface area is 251 Å². The van der Waals surface area contributed by atoms with Gasteiger partial charge >= 0.3 is 6.03 Å². The Morgan fingerprint density at radius 3 is 2.30 bits per heavy atom. The molecule has 2 aliphatic rings. The molecule has 2 heterocycles. The van der Waals surface area contributed by atoms with Crippen molar-refractivity contribution in [3.05, 3.63) is 114 Å². The van der Waals surface area contributed by atoms with Crippen molar-refractivity contribution in [3.63, 3.8) is 0 Å². The molecule has 2 N–H and O–H groups in total. The lowest BCUT2D eigenvalue weighted by atomic mass is 10.0. The zero-order valence-corrected chi connectivity index (χ0v) is 24.5. The van der Waals surface area contributed by atoms with Crippen molar-refractivity contribution in [1.29, 1.82) is 0 Å². The molecule has 4 amide bonds. The first-order valence-electron chi connectivity index (χ1n) is 14.4. The lowest BCUT2D eigenvalue weighted by molar-refractivity contribution is -0.164. The maximum absolute atomic E-state index is 13.2. The van der Waals surface area contributed by atoms with E-state index in [1.165, 1.54) is 5.56 Å². The van der Waals surface area contributed by atoms with E-state index in [4.69, 9.17) is 5.11 Å². The summed E-state index contributed by atoms with van der Waals surface area (Å²) in [6.45, 7) is 3.30. The topological polar surface area (TPSA) is 96.4 Å². The molecule has 6 rings (SSSR count). The van der Waals surface area contributed by atoms with Crippen LogP contribution >= 0.6 is 0 Å². The molecule has 0 aliphatic carbocycles. The second-order valence-corrected chi connectivity index (χ2v) is 10.9. The van der Waals surface area contributed by atoms with Gasteiger partial charge in [0.25, 0.3) is 0 Å². The number of fused-ring (bicyclic) bond motifs is 2. The van der Waals surface area contributed by atoms with E-state index in [0.717, 1.165) is 21.9 Å². The third-order valence-corrected chi connectivity index (χ3v) is 7.78. The quantitative estimate of drug-likeness (QED) is 0.371. The molecule has 1 unspecified atom stereocenters. The van der Waals surface area contributed by atoms with Crippen LogP contribution in [0.3, 0.4) is 0 Å². The minimum atomic E-state index is -0.515. The van der Waals surface area contributed by atoms with Gasteiger partial charge in [0.15, 0.2) is 0 Å². The molecule has 222 valence electrons. The molecule has 0 bridgehead atoms. The first kappa shape index (κ1) is 29.6. The van der Waals surface area contributed by atoms with Gasteiger partial charge in [0.05, 0.1) is 6.54 Å². The summed E-state index contributed by atoms with van der Waals surface area (Å²) in [4.78, 5) is 42.6. The van der Waals surface area contributed by atoms with Gasteiger partial charge in [-0.05, 0) is 41.0 Å². The number of urea groups is 1. The number of hydrogen-bond donors (Lipinski definition) is 2. The van der Waals surface area contributed by atoms with E-state index >= 15 is 0 Å². The van der Waals surface area contributed by atoms with Crippen LogP contribution in [-0.4, -0.2) is 75.6 Å². The molecule has 2 fully saturated rings. The molecule has 2 saturated heterocycles. The summed E-state index contributed by atoms with van der Waals surface area (Å²) in [6.07, 6.45) is -0.0378. The number of likely N-dealkylation sites (N-methyl/N-ethyl adjacent to an activating group) is 1. The number of nitrogens with one attached hydrogen (secondary N) is 1. The summed E-state index contributed by atoms with van der Waals surface area (Å²) >= 11 is 0. The van der Waals surface area contributed by atoms with Crippen LogP contribution in [0.5, 0.6) is 5.75 Å². The maximum Gasteiger partial charge on any atom is 0.334 e. The number of carbonyl (C=O) groups excluding carboxylic acids is 3. The van der Waals surface area contributed by atoms with Crippen LogP contribution < -0.4 is 5.32 Å². The number of nitrogens with zero attached hydrogens (tertiary/aromatic N) is 4. The van der Waals surface area contributed by atoms with Gasteiger partial charge in [0.1, 0.15) is 18.5 Å². The van der Waals surface area contributed by atoms with Crippen molar-refractivity contribution in [3.8, 4) is 5.75 Å². The number of aromatic hydroxyl groups is 1. The molecular weight excluding hydrogens is 542 g/mol. The number of phenols is 1. The van der Waals surface area contributed by atoms with Crippen LogP contribution in [0.15, 0.2) is 97.1 Å². The number of rotatable bonds is 4. The van der Waals surface area contributed by atoms with Crippen LogP contribution in [0.25, 0.3) is 10.8 Å². The summed E-state index contributed by atoms with van der Waals surface area (Å²) < 4.78 is 0. The van der Waals surface area contributed by atoms with Crippen molar-refractivity contribution in [2.24, 2.45) is 0 Å². The Balaban J connectivity index is 0.000000400. The number of hydrogen-bond acceptors (Lipinski definition) is 5. The van der Waals surface area contributed by atoms with E-state index in [2.05, 4.69) is 23.5 Å². The van der Waals surface area contributed by atoms with E-state index in [-0.39, 0.29) is 30.9 Å². The SMILES string of the molecule is CN1CC(=O)N2CC(=O)N(Cc3cccc4ccccc34)CCC2N1C(=O)NCc1ccccc1.Cc1ccc(O)cc1. The van der Waals surface area contributed by atoms with Crippen LogP contribution in [0.4, 0.5) is 4.79 Å². The monoisotopic (exact) mass is 579 g/mol. The molecule has 0 spiro atoms. The fourth-order valence-electron chi connectivity index (χ4n) is 5.49. The average Bonchev–Trinajstić information content (AvgIpc) is 3.17. The second-order valence-electron chi connectivity index (χ2n) is 10.9. The Morgan fingerprint density at radius 2 is 1.56 bits per heavy atom. The largest absolute Gasteiger partial charge is 0.508 e. The number of amides is 4. The molecule has 9 nitrogen and oxygen atoms in total. The third kappa shape index (κ3) is 7.13. The predicted molar refractivity (Wildman–Crippen MR) is 165 cm³/mol. The van der Waals surface area contributed by atoms with E-state index in [9.17, 15) is 14.4 Å². The molecule has 0 saturated carbocycles. The molecule has 0 aromatic heterocycles. The minimum absolute atomic E-state index is 0.0371. The van der Waals surface area contributed by atoms with Crippen LogP contribution in [0.2, 0.25) is 0 Å². The zero-order chi connectivity index (χ0) is 30.3. The number of benzene rings is 4. The zero-order valence-electron chi connectivity index (χ0n) is 24.5. The highest BCUT2D eigenvalue weighted by atomic mass is 16.3. The molecule has 9 heteroatoms. The highest BCUT2D eigenvalue weighted by Gasteiger charge is 2.43. The summed E-state index contributed by atoms with van der Waals surface area (Å²) in [6, 6.07) is 30.7. The van der Waals surface area contributed by atoms with E-state index < -0.39 is 6.17 Å². The van der Waals surface area contributed by atoms with Crippen LogP contribution in [-0.2, 0) is 22.7 Å². The molecule has 4 aromatic carbocycles. The summed E-state index contributed by atoms with van der Waals surface area (Å²) in [5.41, 5.74) is 3.23. The van der Waals surface area contributed by atoms with Crippen molar-refractivity contribution >= 4 is 28.6 Å². The lowest BCUT2D eigenvalue weighted by Crippen LogP contribution is -2.67. The molecule has 43 heavy (non-hydrogen) atoms. The lowest BCUT2D eigenvalue weighted by Gasteiger charge is -2.46. The molecule has 1 atom stereocenters. The summed E-state index contributed by atoms with van der Waals surface area (Å²) in [5.74, 6) is 0.0727. The highest BCUT2D eigenvalue weighted by Crippen LogP contribution is 2.25. The van der Waals surface area contributed by atoms with Gasteiger partial charge in [-0.1, -0.05) is 90.5 Å². The Bertz CT molecular complexity index is 1550. The normalized spacial score (nSPS) is 17.2. The number of carbonyl (C=O) groups is 3. The highest BCUT2D eigenvalue weighted by molar-refractivity contribution is 5.89. The van der Waals surface area contributed by atoms with Gasteiger partial charge in [-0.15, -0.1) is 0 Å². The first-order valence-corrected chi connectivity index (χ1v) is 14.4. The molecule has 2 aliphatic heterocycles.